The number of hydrogen-bond donors (Lipinski definition) is 0. The predicted molar refractivity (Wildman–Crippen MR) is 66.1 cm³/mol. The highest BCUT2D eigenvalue weighted by Gasteiger charge is 2.27. The van der Waals surface area contributed by atoms with Crippen LogP contribution < -0.4 is 0 Å². The summed E-state index contributed by atoms with van der Waals surface area (Å²) in [6.45, 7) is 7.06. The first-order chi connectivity index (χ1) is 8.46. The summed E-state index contributed by atoms with van der Waals surface area (Å²) in [5, 5.41) is 4.14. The lowest BCUT2D eigenvalue weighted by Gasteiger charge is -2.33. The highest BCUT2D eigenvalue weighted by Crippen LogP contribution is 2.22. The van der Waals surface area contributed by atoms with Crippen LogP contribution in [0.15, 0.2) is 12.7 Å². The Morgan fingerprint density at radius 1 is 1.33 bits per heavy atom. The normalized spacial score (nSPS) is 17.8. The van der Waals surface area contributed by atoms with Crippen LogP contribution in [-0.2, 0) is 4.74 Å². The highest BCUT2D eigenvalue weighted by atomic mass is 16.6. The molecule has 1 aliphatic rings. The maximum atomic E-state index is 11.9. The molecule has 0 spiro atoms. The third-order valence-electron chi connectivity index (χ3n) is 2.93. The van der Waals surface area contributed by atoms with E-state index in [1.54, 1.807) is 17.6 Å². The van der Waals surface area contributed by atoms with E-state index in [1.165, 1.54) is 0 Å². The smallest absolute Gasteiger partial charge is 0.410 e. The van der Waals surface area contributed by atoms with Gasteiger partial charge in [0.05, 0.1) is 6.04 Å². The Kier molecular flexibility index (Phi) is 3.54. The van der Waals surface area contributed by atoms with E-state index in [4.69, 9.17) is 4.74 Å². The Bertz CT molecular complexity index is 389. The Labute approximate surface area is 107 Å². The van der Waals surface area contributed by atoms with E-state index in [2.05, 4.69) is 10.1 Å². The molecule has 0 atom stereocenters. The van der Waals surface area contributed by atoms with Crippen LogP contribution in [0.2, 0.25) is 0 Å². The maximum Gasteiger partial charge on any atom is 0.410 e. The monoisotopic (exact) mass is 252 g/mol. The largest absolute Gasteiger partial charge is 0.444 e. The molecule has 0 saturated carbocycles. The van der Waals surface area contributed by atoms with E-state index in [-0.39, 0.29) is 6.09 Å². The fraction of sp³-hybridized carbons (Fsp3) is 0.750. The molecule has 1 saturated heterocycles. The molecule has 1 aromatic rings. The summed E-state index contributed by atoms with van der Waals surface area (Å²) in [4.78, 5) is 17.6. The molecule has 1 aliphatic heterocycles. The average Bonchev–Trinajstić information content (AvgIpc) is 2.80. The van der Waals surface area contributed by atoms with Crippen LogP contribution in [0.5, 0.6) is 0 Å². The van der Waals surface area contributed by atoms with Crippen LogP contribution in [0.4, 0.5) is 4.79 Å². The number of rotatable bonds is 1. The number of likely N-dealkylation sites (tertiary alicyclic amines) is 1. The molecule has 2 heterocycles. The number of nitrogens with zero attached hydrogens (tertiary/aromatic N) is 4. The summed E-state index contributed by atoms with van der Waals surface area (Å²) >= 11 is 0. The summed E-state index contributed by atoms with van der Waals surface area (Å²) in [7, 11) is 0. The standard InChI is InChI=1S/C12H20N4O2/c1-12(2,3)18-11(17)15-6-4-10(5-7-15)16-9-13-8-14-16/h8-10H,4-7H2,1-3H3. The molecular weight excluding hydrogens is 232 g/mol. The molecule has 6 nitrogen and oxygen atoms in total. The number of amides is 1. The minimum atomic E-state index is -0.431. The Morgan fingerprint density at radius 2 is 2.00 bits per heavy atom. The second kappa shape index (κ2) is 4.96. The van der Waals surface area contributed by atoms with Crippen molar-refractivity contribution in [1.29, 1.82) is 0 Å². The summed E-state index contributed by atoms with van der Waals surface area (Å²) in [6.07, 6.45) is 4.83. The van der Waals surface area contributed by atoms with E-state index in [9.17, 15) is 4.79 Å². The minimum Gasteiger partial charge on any atom is -0.444 e. The molecule has 18 heavy (non-hydrogen) atoms. The van der Waals surface area contributed by atoms with Crippen LogP contribution in [0, 0.1) is 0 Å². The van der Waals surface area contributed by atoms with Crippen molar-refractivity contribution >= 4 is 6.09 Å². The highest BCUT2D eigenvalue weighted by molar-refractivity contribution is 5.68. The van der Waals surface area contributed by atoms with E-state index < -0.39 is 5.60 Å². The average molecular weight is 252 g/mol. The predicted octanol–water partition coefficient (Wildman–Crippen LogP) is 1.85. The van der Waals surface area contributed by atoms with Gasteiger partial charge in [0.2, 0.25) is 0 Å². The quantitative estimate of drug-likeness (QED) is 0.765. The number of hydrogen-bond acceptors (Lipinski definition) is 4. The molecule has 0 aliphatic carbocycles. The molecule has 2 rings (SSSR count). The summed E-state index contributed by atoms with van der Waals surface area (Å²) in [5.41, 5.74) is -0.431. The lowest BCUT2D eigenvalue weighted by molar-refractivity contribution is 0.0184. The van der Waals surface area contributed by atoms with Gasteiger partial charge in [0.15, 0.2) is 0 Å². The van der Waals surface area contributed by atoms with E-state index in [0.29, 0.717) is 19.1 Å². The van der Waals surface area contributed by atoms with E-state index in [1.807, 2.05) is 25.5 Å². The fourth-order valence-corrected chi connectivity index (χ4v) is 2.05. The van der Waals surface area contributed by atoms with Gasteiger partial charge < -0.3 is 9.64 Å². The van der Waals surface area contributed by atoms with Gasteiger partial charge in [0.25, 0.3) is 0 Å². The molecule has 6 heteroatoms. The zero-order chi connectivity index (χ0) is 13.2. The van der Waals surface area contributed by atoms with Gasteiger partial charge in [-0.05, 0) is 33.6 Å². The van der Waals surface area contributed by atoms with E-state index in [0.717, 1.165) is 12.8 Å². The molecule has 1 fully saturated rings. The second-order valence-corrected chi connectivity index (χ2v) is 5.57. The molecule has 0 bridgehead atoms. The van der Waals surface area contributed by atoms with Crippen LogP contribution >= 0.6 is 0 Å². The third-order valence-corrected chi connectivity index (χ3v) is 2.93. The lowest BCUT2D eigenvalue weighted by Crippen LogP contribution is -2.42. The van der Waals surface area contributed by atoms with Gasteiger partial charge in [-0.25, -0.2) is 14.5 Å². The van der Waals surface area contributed by atoms with Gasteiger partial charge in [-0.1, -0.05) is 0 Å². The van der Waals surface area contributed by atoms with Crippen molar-refractivity contribution < 1.29 is 9.53 Å². The first-order valence-electron chi connectivity index (χ1n) is 6.28. The van der Waals surface area contributed by atoms with Crippen molar-refractivity contribution in [3.05, 3.63) is 12.7 Å². The molecule has 0 aromatic carbocycles. The van der Waals surface area contributed by atoms with Gasteiger partial charge >= 0.3 is 6.09 Å². The van der Waals surface area contributed by atoms with Crippen molar-refractivity contribution in [2.45, 2.75) is 45.3 Å². The van der Waals surface area contributed by atoms with Crippen molar-refractivity contribution in [1.82, 2.24) is 19.7 Å². The minimum absolute atomic E-state index is 0.223. The van der Waals surface area contributed by atoms with Gasteiger partial charge in [-0.3, -0.25) is 0 Å². The molecule has 1 amide bonds. The van der Waals surface area contributed by atoms with Gasteiger partial charge in [0, 0.05) is 13.1 Å². The van der Waals surface area contributed by atoms with Crippen molar-refractivity contribution in [3.8, 4) is 0 Å². The molecule has 0 N–H and O–H groups in total. The summed E-state index contributed by atoms with van der Waals surface area (Å²) < 4.78 is 7.22. The van der Waals surface area contributed by atoms with Crippen LogP contribution in [-0.4, -0.2) is 44.4 Å². The molecule has 0 unspecified atom stereocenters. The SMILES string of the molecule is CC(C)(C)OC(=O)N1CCC(n2cncn2)CC1. The lowest BCUT2D eigenvalue weighted by atomic mass is 10.1. The number of piperidine rings is 1. The number of carbonyl (C=O) groups is 1. The Hall–Kier alpha value is -1.59. The van der Waals surface area contributed by atoms with Gasteiger partial charge in [-0.15, -0.1) is 0 Å². The zero-order valence-electron chi connectivity index (χ0n) is 11.2. The zero-order valence-corrected chi connectivity index (χ0v) is 11.2. The molecule has 100 valence electrons. The maximum absolute atomic E-state index is 11.9. The van der Waals surface area contributed by atoms with Crippen molar-refractivity contribution in [2.75, 3.05) is 13.1 Å². The van der Waals surface area contributed by atoms with Gasteiger partial charge in [-0.2, -0.15) is 5.10 Å². The second-order valence-electron chi connectivity index (χ2n) is 5.57. The van der Waals surface area contributed by atoms with Crippen molar-refractivity contribution in [2.24, 2.45) is 0 Å². The number of carbonyl (C=O) groups excluding carboxylic acids is 1. The first-order valence-corrected chi connectivity index (χ1v) is 6.28. The van der Waals surface area contributed by atoms with Crippen LogP contribution in [0.25, 0.3) is 0 Å². The molecule has 1 aromatic heterocycles. The summed E-state index contributed by atoms with van der Waals surface area (Å²) in [6, 6.07) is 0.339. The molecular formula is C12H20N4O2. The number of aromatic nitrogens is 3. The molecule has 0 radical (unpaired) electrons. The number of ether oxygens (including phenoxy) is 1. The summed E-state index contributed by atoms with van der Waals surface area (Å²) in [5.74, 6) is 0. The third kappa shape index (κ3) is 3.21. The topological polar surface area (TPSA) is 60.2 Å². The van der Waals surface area contributed by atoms with E-state index >= 15 is 0 Å². The Morgan fingerprint density at radius 3 is 2.50 bits per heavy atom. The fourth-order valence-electron chi connectivity index (χ4n) is 2.05. The van der Waals surface area contributed by atoms with Crippen LogP contribution in [0.1, 0.15) is 39.7 Å². The van der Waals surface area contributed by atoms with Gasteiger partial charge in [0.1, 0.15) is 18.3 Å². The Balaban J connectivity index is 1.85. The van der Waals surface area contributed by atoms with Crippen LogP contribution in [0.3, 0.4) is 0 Å². The first kappa shape index (κ1) is 12.9. The van der Waals surface area contributed by atoms with Crippen molar-refractivity contribution in [3.63, 3.8) is 0 Å².